The molecule has 0 unspecified atom stereocenters. The van der Waals surface area contributed by atoms with Crippen molar-refractivity contribution < 1.29 is 22.8 Å². The van der Waals surface area contributed by atoms with Crippen LogP contribution in [0.1, 0.15) is 25.7 Å². The number of rotatable bonds is 1. The lowest BCUT2D eigenvalue weighted by Crippen LogP contribution is -2.47. The molecule has 0 atom stereocenters. The van der Waals surface area contributed by atoms with Gasteiger partial charge in [0.1, 0.15) is 5.78 Å². The third kappa shape index (κ3) is 2.61. The minimum Gasteiger partial charge on any atom is -0.342 e. The second-order valence-electron chi connectivity index (χ2n) is 4.79. The van der Waals surface area contributed by atoms with Gasteiger partial charge in [0, 0.05) is 25.9 Å². The minimum absolute atomic E-state index is 0.0179. The molecule has 0 bridgehead atoms. The average molecular weight is 249 g/mol. The molecule has 0 N–H and O–H groups in total. The van der Waals surface area contributed by atoms with Crippen LogP contribution in [0.25, 0.3) is 0 Å². The number of hydrogen-bond acceptors (Lipinski definition) is 2. The van der Waals surface area contributed by atoms with Crippen LogP contribution in [0.5, 0.6) is 0 Å². The van der Waals surface area contributed by atoms with Gasteiger partial charge >= 0.3 is 6.18 Å². The summed E-state index contributed by atoms with van der Waals surface area (Å²) in [7, 11) is 0. The normalized spacial score (nSPS) is 23.7. The molecule has 1 aliphatic carbocycles. The standard InChI is InChI=1S/C11H14F3NO2/c12-11(13,14)8-1-3-15(4-2-8)10(17)7-5-9(16)6-7/h7-8H,1-6H2. The van der Waals surface area contributed by atoms with E-state index in [1.54, 1.807) is 0 Å². The predicted molar refractivity (Wildman–Crippen MR) is 53.1 cm³/mol. The van der Waals surface area contributed by atoms with Crippen molar-refractivity contribution in [3.05, 3.63) is 0 Å². The Labute approximate surface area is 97.0 Å². The SMILES string of the molecule is O=C1CC(C(=O)N2CCC(C(F)(F)F)CC2)C1. The summed E-state index contributed by atoms with van der Waals surface area (Å²) in [4.78, 5) is 24.0. The van der Waals surface area contributed by atoms with Crippen LogP contribution in [0, 0.1) is 11.8 Å². The molecule has 96 valence electrons. The summed E-state index contributed by atoms with van der Waals surface area (Å²) in [5.74, 6) is -1.64. The molecule has 0 aromatic carbocycles. The highest BCUT2D eigenvalue weighted by molar-refractivity contribution is 5.96. The summed E-state index contributed by atoms with van der Waals surface area (Å²) >= 11 is 0. The van der Waals surface area contributed by atoms with Gasteiger partial charge in [-0.2, -0.15) is 13.2 Å². The molecule has 1 amide bonds. The maximum Gasteiger partial charge on any atom is 0.391 e. The molecule has 1 saturated heterocycles. The van der Waals surface area contributed by atoms with E-state index >= 15 is 0 Å². The zero-order valence-corrected chi connectivity index (χ0v) is 9.29. The second kappa shape index (κ2) is 4.31. The van der Waals surface area contributed by atoms with Gasteiger partial charge in [0.15, 0.2) is 0 Å². The van der Waals surface area contributed by atoms with E-state index in [9.17, 15) is 22.8 Å². The maximum absolute atomic E-state index is 12.4. The fraction of sp³-hybridized carbons (Fsp3) is 0.818. The molecule has 3 nitrogen and oxygen atoms in total. The van der Waals surface area contributed by atoms with E-state index in [4.69, 9.17) is 0 Å². The van der Waals surface area contributed by atoms with Crippen molar-refractivity contribution in [3.8, 4) is 0 Å². The monoisotopic (exact) mass is 249 g/mol. The Hall–Kier alpha value is -1.07. The molecule has 0 spiro atoms. The third-order valence-electron chi connectivity index (χ3n) is 3.57. The van der Waals surface area contributed by atoms with E-state index in [1.165, 1.54) is 4.90 Å². The highest BCUT2D eigenvalue weighted by Gasteiger charge is 2.43. The van der Waals surface area contributed by atoms with Crippen LogP contribution < -0.4 is 0 Å². The van der Waals surface area contributed by atoms with Crippen LogP contribution in [0.4, 0.5) is 13.2 Å². The highest BCUT2D eigenvalue weighted by Crippen LogP contribution is 2.35. The Morgan fingerprint density at radius 2 is 1.71 bits per heavy atom. The Bertz CT molecular complexity index is 324. The first-order valence-corrected chi connectivity index (χ1v) is 5.75. The maximum atomic E-state index is 12.4. The Morgan fingerprint density at radius 1 is 1.18 bits per heavy atom. The number of carbonyl (C=O) groups is 2. The fourth-order valence-corrected chi connectivity index (χ4v) is 2.35. The number of piperidine rings is 1. The highest BCUT2D eigenvalue weighted by atomic mass is 19.4. The zero-order chi connectivity index (χ0) is 12.6. The average Bonchev–Trinajstić information content (AvgIpc) is 2.23. The number of carbonyl (C=O) groups excluding carboxylic acids is 2. The Balaban J connectivity index is 1.83. The van der Waals surface area contributed by atoms with Gasteiger partial charge in [-0.25, -0.2) is 0 Å². The summed E-state index contributed by atoms with van der Waals surface area (Å²) in [5.41, 5.74) is 0. The summed E-state index contributed by atoms with van der Waals surface area (Å²) in [6.07, 6.45) is -3.66. The smallest absolute Gasteiger partial charge is 0.342 e. The van der Waals surface area contributed by atoms with Gasteiger partial charge in [-0.05, 0) is 12.8 Å². The van der Waals surface area contributed by atoms with Crippen molar-refractivity contribution in [2.75, 3.05) is 13.1 Å². The van der Waals surface area contributed by atoms with Crippen LogP contribution in [0.15, 0.2) is 0 Å². The van der Waals surface area contributed by atoms with Crippen molar-refractivity contribution in [1.29, 1.82) is 0 Å². The van der Waals surface area contributed by atoms with E-state index in [0.29, 0.717) is 0 Å². The number of Topliss-reactive ketones (excluding diaryl/α,β-unsaturated/α-hetero) is 1. The lowest BCUT2D eigenvalue weighted by atomic mass is 9.82. The van der Waals surface area contributed by atoms with Gasteiger partial charge in [-0.15, -0.1) is 0 Å². The van der Waals surface area contributed by atoms with Crippen molar-refractivity contribution in [2.24, 2.45) is 11.8 Å². The number of ketones is 1. The first-order chi connectivity index (χ1) is 7.88. The zero-order valence-electron chi connectivity index (χ0n) is 9.29. The van der Waals surface area contributed by atoms with E-state index < -0.39 is 12.1 Å². The van der Waals surface area contributed by atoms with Gasteiger partial charge in [-0.3, -0.25) is 9.59 Å². The molecule has 1 saturated carbocycles. The molecular formula is C11H14F3NO2. The number of alkyl halides is 3. The molecule has 2 aliphatic rings. The van der Waals surface area contributed by atoms with Crippen LogP contribution in [0.3, 0.4) is 0 Å². The number of hydrogen-bond donors (Lipinski definition) is 0. The van der Waals surface area contributed by atoms with Crippen molar-refractivity contribution in [1.82, 2.24) is 4.90 Å². The van der Waals surface area contributed by atoms with Crippen molar-refractivity contribution in [3.63, 3.8) is 0 Å². The topological polar surface area (TPSA) is 37.4 Å². The molecular weight excluding hydrogens is 235 g/mol. The van der Waals surface area contributed by atoms with E-state index in [-0.39, 0.29) is 56.4 Å². The third-order valence-corrected chi connectivity index (χ3v) is 3.57. The summed E-state index contributed by atoms with van der Waals surface area (Å²) < 4.78 is 37.2. The van der Waals surface area contributed by atoms with Crippen molar-refractivity contribution >= 4 is 11.7 Å². The number of amides is 1. The van der Waals surface area contributed by atoms with Crippen molar-refractivity contribution in [2.45, 2.75) is 31.9 Å². The lowest BCUT2D eigenvalue weighted by molar-refractivity contribution is -0.187. The molecule has 2 rings (SSSR count). The van der Waals surface area contributed by atoms with Gasteiger partial charge in [0.2, 0.25) is 5.91 Å². The van der Waals surface area contributed by atoms with Gasteiger partial charge in [0.05, 0.1) is 11.8 Å². The molecule has 2 fully saturated rings. The van der Waals surface area contributed by atoms with Gasteiger partial charge < -0.3 is 4.90 Å². The second-order valence-corrected chi connectivity index (χ2v) is 4.79. The Kier molecular flexibility index (Phi) is 3.14. The quantitative estimate of drug-likeness (QED) is 0.710. The fourth-order valence-electron chi connectivity index (χ4n) is 2.35. The van der Waals surface area contributed by atoms with E-state index in [0.717, 1.165) is 0 Å². The number of nitrogens with zero attached hydrogens (tertiary/aromatic N) is 1. The molecule has 0 aromatic rings. The summed E-state index contributed by atoms with van der Waals surface area (Å²) in [6, 6.07) is 0. The van der Waals surface area contributed by atoms with E-state index in [1.807, 2.05) is 0 Å². The minimum atomic E-state index is -4.15. The van der Waals surface area contributed by atoms with Gasteiger partial charge in [-0.1, -0.05) is 0 Å². The largest absolute Gasteiger partial charge is 0.391 e. The Morgan fingerprint density at radius 3 is 2.12 bits per heavy atom. The first-order valence-electron chi connectivity index (χ1n) is 5.75. The molecule has 1 heterocycles. The molecule has 17 heavy (non-hydrogen) atoms. The van der Waals surface area contributed by atoms with E-state index in [2.05, 4.69) is 0 Å². The predicted octanol–water partition coefficient (Wildman–Crippen LogP) is 1.77. The molecule has 6 heteroatoms. The first kappa shape index (κ1) is 12.4. The van der Waals surface area contributed by atoms with Gasteiger partial charge in [0.25, 0.3) is 0 Å². The molecule has 0 radical (unpaired) electrons. The van der Waals surface area contributed by atoms with Crippen LogP contribution in [-0.2, 0) is 9.59 Å². The molecule has 0 aromatic heterocycles. The van der Waals surface area contributed by atoms with Crippen LogP contribution >= 0.6 is 0 Å². The van der Waals surface area contributed by atoms with Crippen LogP contribution in [-0.4, -0.2) is 35.9 Å². The number of likely N-dealkylation sites (tertiary alicyclic amines) is 1. The molecule has 1 aliphatic heterocycles. The number of halogens is 3. The lowest BCUT2D eigenvalue weighted by Gasteiger charge is -2.36. The summed E-state index contributed by atoms with van der Waals surface area (Å²) in [6.45, 7) is 0.321. The van der Waals surface area contributed by atoms with Crippen LogP contribution in [0.2, 0.25) is 0 Å². The summed E-state index contributed by atoms with van der Waals surface area (Å²) in [5, 5.41) is 0.